The molecule has 2 nitrogen and oxygen atoms in total. The van der Waals surface area contributed by atoms with E-state index >= 15 is 0 Å². The molecule has 1 unspecified atom stereocenters. The van der Waals surface area contributed by atoms with Gasteiger partial charge in [-0.25, -0.2) is 0 Å². The maximum absolute atomic E-state index is 9.62. The van der Waals surface area contributed by atoms with Crippen molar-refractivity contribution in [2.45, 2.75) is 6.42 Å². The van der Waals surface area contributed by atoms with E-state index in [1.54, 1.807) is 0 Å². The molecule has 0 saturated heterocycles. The number of nitriles is 1. The van der Waals surface area contributed by atoms with Gasteiger partial charge in [-0.05, 0) is 0 Å². The molecule has 0 aromatic carbocycles. The fraction of sp³-hybridized carbons (Fsp3) is 0.667. The van der Waals surface area contributed by atoms with E-state index in [4.69, 9.17) is 5.26 Å². The minimum Gasteiger partial charge on any atom is -0.330 e. The van der Waals surface area contributed by atoms with Crippen LogP contribution in [0.5, 0.6) is 0 Å². The molecule has 34 valence electrons. The Bertz CT molecular complexity index is 75.4. The second-order valence-corrected chi connectivity index (χ2v) is 1.77. The van der Waals surface area contributed by atoms with Crippen LogP contribution in [-0.2, 0) is 4.57 Å². The highest BCUT2D eigenvalue weighted by Gasteiger charge is 1.72. The van der Waals surface area contributed by atoms with E-state index in [2.05, 4.69) is 0 Å². The Morgan fingerprint density at radius 2 is 2.50 bits per heavy atom. The van der Waals surface area contributed by atoms with Crippen LogP contribution in [0.25, 0.3) is 0 Å². The summed E-state index contributed by atoms with van der Waals surface area (Å²) >= 11 is 0. The Kier molecular flexibility index (Phi) is 4.50. The van der Waals surface area contributed by atoms with E-state index in [1.165, 1.54) is 0 Å². The highest BCUT2D eigenvalue weighted by atomic mass is 31.1. The Morgan fingerprint density at radius 3 is 2.67 bits per heavy atom. The van der Waals surface area contributed by atoms with Crippen molar-refractivity contribution in [1.82, 2.24) is 0 Å². The standard InChI is InChI=1S/C3H6NOP/c4-2-1-3-6-5/h1,3,6H2. The summed E-state index contributed by atoms with van der Waals surface area (Å²) in [5, 5.41) is 7.82. The fourth-order valence-electron chi connectivity index (χ4n) is 0.123. The molecule has 6 heavy (non-hydrogen) atoms. The highest BCUT2D eigenvalue weighted by molar-refractivity contribution is 7.23. The lowest BCUT2D eigenvalue weighted by atomic mass is 10.6. The molecule has 3 heteroatoms. The Balaban J connectivity index is 2.72. The van der Waals surface area contributed by atoms with E-state index in [1.807, 2.05) is 6.07 Å². The van der Waals surface area contributed by atoms with Crippen molar-refractivity contribution < 1.29 is 4.57 Å². The molecule has 0 aromatic rings. The molecule has 0 aliphatic heterocycles. The molecule has 0 fully saturated rings. The minimum atomic E-state index is -0.689. The number of rotatable bonds is 2. The number of hydrogen-bond acceptors (Lipinski definition) is 2. The Hall–Kier alpha value is -0.280. The average molecular weight is 103 g/mol. The van der Waals surface area contributed by atoms with Gasteiger partial charge >= 0.3 is 0 Å². The molecule has 0 N–H and O–H groups in total. The third kappa shape index (κ3) is 3.72. The van der Waals surface area contributed by atoms with Gasteiger partial charge in [0.2, 0.25) is 0 Å². The molecule has 0 radical (unpaired) electrons. The second-order valence-electron chi connectivity index (χ2n) is 0.863. The Labute approximate surface area is 38.0 Å². The lowest BCUT2D eigenvalue weighted by molar-refractivity contribution is 0.598. The van der Waals surface area contributed by atoms with Gasteiger partial charge in [0.1, 0.15) is 0 Å². The van der Waals surface area contributed by atoms with Crippen LogP contribution in [0.15, 0.2) is 0 Å². The first-order valence-electron chi connectivity index (χ1n) is 1.72. The highest BCUT2D eigenvalue weighted by Crippen LogP contribution is 1.91. The first-order chi connectivity index (χ1) is 2.91. The normalized spacial score (nSPS) is 9.17. The molecule has 0 heterocycles. The summed E-state index contributed by atoms with van der Waals surface area (Å²) in [7, 11) is -0.689. The third-order valence-electron chi connectivity index (χ3n) is 0.374. The van der Waals surface area contributed by atoms with Crippen LogP contribution in [0.4, 0.5) is 0 Å². The van der Waals surface area contributed by atoms with Gasteiger partial charge in [0.05, 0.1) is 14.5 Å². The predicted octanol–water partition coefficient (Wildman–Crippen LogP) is 0.656. The first-order valence-corrected chi connectivity index (χ1v) is 3.01. The molecule has 0 rings (SSSR count). The quantitative estimate of drug-likeness (QED) is 0.380. The number of nitrogens with zero attached hydrogens (tertiary/aromatic N) is 1. The van der Waals surface area contributed by atoms with Crippen molar-refractivity contribution in [3.63, 3.8) is 0 Å². The maximum atomic E-state index is 9.62. The van der Waals surface area contributed by atoms with Crippen molar-refractivity contribution in [2.75, 3.05) is 6.16 Å². The summed E-state index contributed by atoms with van der Waals surface area (Å²) in [5.74, 6) is 0. The van der Waals surface area contributed by atoms with Gasteiger partial charge in [-0.15, -0.1) is 0 Å². The van der Waals surface area contributed by atoms with Crippen LogP contribution in [0.2, 0.25) is 0 Å². The zero-order chi connectivity index (χ0) is 4.83. The lowest BCUT2D eigenvalue weighted by Gasteiger charge is -1.67. The van der Waals surface area contributed by atoms with Crippen LogP contribution < -0.4 is 0 Å². The Morgan fingerprint density at radius 1 is 1.83 bits per heavy atom. The van der Waals surface area contributed by atoms with Gasteiger partial charge in [-0.2, -0.15) is 5.26 Å². The van der Waals surface area contributed by atoms with Crippen LogP contribution >= 0.6 is 8.46 Å². The van der Waals surface area contributed by atoms with Crippen LogP contribution in [0, 0.1) is 11.3 Å². The van der Waals surface area contributed by atoms with E-state index in [9.17, 15) is 4.57 Å². The predicted molar refractivity (Wildman–Crippen MR) is 25.5 cm³/mol. The van der Waals surface area contributed by atoms with Gasteiger partial charge in [-0.3, -0.25) is 0 Å². The number of hydrogen-bond donors (Lipinski definition) is 0. The summed E-state index contributed by atoms with van der Waals surface area (Å²) in [6.07, 6.45) is 1.02. The topological polar surface area (TPSA) is 40.9 Å². The summed E-state index contributed by atoms with van der Waals surface area (Å²) < 4.78 is 9.62. The molecule has 0 amide bonds. The first kappa shape index (κ1) is 5.72. The van der Waals surface area contributed by atoms with E-state index in [0.29, 0.717) is 12.6 Å². The zero-order valence-electron chi connectivity index (χ0n) is 3.35. The van der Waals surface area contributed by atoms with Crippen LogP contribution in [0.1, 0.15) is 6.42 Å². The molecule has 1 atom stereocenters. The summed E-state index contributed by atoms with van der Waals surface area (Å²) in [4.78, 5) is 0. The molecule has 0 saturated carbocycles. The van der Waals surface area contributed by atoms with Gasteiger partial charge in [-0.1, -0.05) is 0 Å². The van der Waals surface area contributed by atoms with Crippen molar-refractivity contribution in [1.29, 1.82) is 5.26 Å². The monoisotopic (exact) mass is 103 g/mol. The fourth-order valence-corrected chi connectivity index (χ4v) is 0.370. The van der Waals surface area contributed by atoms with Crippen molar-refractivity contribution in [2.24, 2.45) is 0 Å². The van der Waals surface area contributed by atoms with Crippen molar-refractivity contribution >= 4 is 8.46 Å². The minimum absolute atomic E-state index is 0.443. The summed E-state index contributed by atoms with van der Waals surface area (Å²) in [6, 6.07) is 1.89. The molecule has 0 aliphatic rings. The molecule has 0 aromatic heterocycles. The average Bonchev–Trinajstić information content (AvgIpc) is 1.61. The smallest absolute Gasteiger partial charge is 0.0655 e. The SMILES string of the molecule is N#CCC[PH2]=O. The van der Waals surface area contributed by atoms with Gasteiger partial charge in [0.15, 0.2) is 0 Å². The van der Waals surface area contributed by atoms with E-state index < -0.39 is 8.46 Å². The molecular formula is C3H6NOP. The summed E-state index contributed by atoms with van der Waals surface area (Å²) in [6.45, 7) is 0. The molecule has 0 spiro atoms. The van der Waals surface area contributed by atoms with Gasteiger partial charge < -0.3 is 4.57 Å². The van der Waals surface area contributed by atoms with Crippen LogP contribution in [0.3, 0.4) is 0 Å². The van der Waals surface area contributed by atoms with Crippen molar-refractivity contribution in [3.05, 3.63) is 0 Å². The zero-order valence-corrected chi connectivity index (χ0v) is 4.50. The molecule has 0 aliphatic carbocycles. The van der Waals surface area contributed by atoms with E-state index in [0.717, 1.165) is 0 Å². The third-order valence-corrected chi connectivity index (χ3v) is 0.898. The van der Waals surface area contributed by atoms with Gasteiger partial charge in [0.25, 0.3) is 0 Å². The second kappa shape index (κ2) is 4.72. The van der Waals surface area contributed by atoms with Crippen molar-refractivity contribution in [3.8, 4) is 6.07 Å². The molecule has 0 bridgehead atoms. The molecular weight excluding hydrogens is 97.0 g/mol. The van der Waals surface area contributed by atoms with Crippen LogP contribution in [-0.4, -0.2) is 6.16 Å². The maximum Gasteiger partial charge on any atom is 0.0655 e. The largest absolute Gasteiger partial charge is 0.330 e. The van der Waals surface area contributed by atoms with E-state index in [-0.39, 0.29) is 0 Å². The summed E-state index contributed by atoms with van der Waals surface area (Å²) in [5.41, 5.74) is 0. The lowest BCUT2D eigenvalue weighted by Crippen LogP contribution is -1.62. The van der Waals surface area contributed by atoms with Gasteiger partial charge in [0, 0.05) is 12.6 Å².